The molecule has 42 heavy (non-hydrogen) atoms. The first-order valence-electron chi connectivity index (χ1n) is 17.3. The molecular weight excluding hydrogens is 526 g/mol. The number of nitrogens with one attached hydrogen (secondary N) is 3. The normalized spacial score (nSPS) is 25.1. The molecule has 2 saturated heterocycles. The van der Waals surface area contributed by atoms with Crippen molar-refractivity contribution in [1.82, 2.24) is 30.4 Å². The van der Waals surface area contributed by atoms with Gasteiger partial charge in [0.2, 0.25) is 5.95 Å². The Balaban J connectivity index is 0.923. The molecule has 2 aliphatic carbocycles. The zero-order chi connectivity index (χ0) is 28.8. The van der Waals surface area contributed by atoms with Gasteiger partial charge in [-0.05, 0) is 88.9 Å². The van der Waals surface area contributed by atoms with Crippen molar-refractivity contribution in [3.63, 3.8) is 0 Å². The number of piperazine rings is 1. The van der Waals surface area contributed by atoms with Crippen molar-refractivity contribution in [1.29, 1.82) is 0 Å². The average Bonchev–Trinajstić information content (AvgIpc) is 3.04. The third kappa shape index (κ3) is 10.8. The van der Waals surface area contributed by atoms with Gasteiger partial charge in [-0.15, -0.1) is 0 Å². The number of morpholine rings is 1. The van der Waals surface area contributed by atoms with E-state index in [2.05, 4.69) is 35.6 Å². The largest absolute Gasteiger partial charge is 0.383 e. The van der Waals surface area contributed by atoms with Crippen LogP contribution in [0.5, 0.6) is 0 Å². The molecule has 4 fully saturated rings. The Morgan fingerprint density at radius 1 is 0.714 bits per heavy atom. The molecule has 0 unspecified atom stereocenters. The van der Waals surface area contributed by atoms with E-state index in [1.165, 1.54) is 77.3 Å². The lowest BCUT2D eigenvalue weighted by Crippen LogP contribution is -2.49. The molecule has 3 heterocycles. The van der Waals surface area contributed by atoms with Crippen LogP contribution in [0.25, 0.3) is 0 Å². The molecule has 0 spiro atoms. The number of nitrogen functional groups attached to an aromatic ring is 1. The van der Waals surface area contributed by atoms with E-state index in [9.17, 15) is 0 Å². The molecule has 5 rings (SSSR count). The summed E-state index contributed by atoms with van der Waals surface area (Å²) in [5.41, 5.74) is 6.21. The summed E-state index contributed by atoms with van der Waals surface area (Å²) in [6.07, 6.45) is 13.6. The average molecular weight is 586 g/mol. The van der Waals surface area contributed by atoms with E-state index in [-0.39, 0.29) is 0 Å². The lowest BCUT2D eigenvalue weighted by Gasteiger charge is -2.37. The van der Waals surface area contributed by atoms with Gasteiger partial charge in [-0.25, -0.2) is 0 Å². The maximum atomic E-state index is 6.21. The van der Waals surface area contributed by atoms with Crippen molar-refractivity contribution in [2.45, 2.75) is 64.2 Å². The summed E-state index contributed by atoms with van der Waals surface area (Å²) in [6, 6.07) is 1.93. The van der Waals surface area contributed by atoms with Crippen molar-refractivity contribution in [3.05, 3.63) is 6.07 Å². The summed E-state index contributed by atoms with van der Waals surface area (Å²) < 4.78 is 5.47. The van der Waals surface area contributed by atoms with E-state index in [0.29, 0.717) is 17.7 Å². The Labute approximate surface area is 254 Å². The molecule has 1 aromatic rings. The van der Waals surface area contributed by atoms with Gasteiger partial charge in [0.1, 0.15) is 11.6 Å². The minimum Gasteiger partial charge on any atom is -0.383 e. The van der Waals surface area contributed by atoms with Gasteiger partial charge in [0, 0.05) is 65.0 Å². The van der Waals surface area contributed by atoms with Crippen LogP contribution in [0.4, 0.5) is 17.6 Å². The summed E-state index contributed by atoms with van der Waals surface area (Å²) >= 11 is 0. The molecular formula is C32H59N9O. The molecule has 2 aliphatic heterocycles. The standard InChI is InChI=1S/C32H59N9O/c33-30-23-31(41-17-15-39(16-18-41)13-14-40-19-21-42-22-20-40)38-32(37-30)36-26-29-9-7-28(8-10-29)25-35-12-4-11-34-24-27-5-2-1-3-6-27/h23,27-29,34-35H,1-22,24-26H2,(H3,33,36,37,38). The fraction of sp³-hybridized carbons (Fsp3) is 0.875. The van der Waals surface area contributed by atoms with Gasteiger partial charge in [0.15, 0.2) is 0 Å². The second kappa shape index (κ2) is 17.5. The monoisotopic (exact) mass is 585 g/mol. The van der Waals surface area contributed by atoms with Gasteiger partial charge in [0.05, 0.1) is 13.2 Å². The number of anilines is 3. The Kier molecular flexibility index (Phi) is 13.2. The van der Waals surface area contributed by atoms with Gasteiger partial charge < -0.3 is 31.3 Å². The lowest BCUT2D eigenvalue weighted by molar-refractivity contribution is 0.0331. The van der Waals surface area contributed by atoms with Crippen LogP contribution in [0.2, 0.25) is 0 Å². The molecule has 0 amide bonds. The van der Waals surface area contributed by atoms with Crippen LogP contribution < -0.4 is 26.6 Å². The fourth-order valence-electron chi connectivity index (χ4n) is 7.22. The van der Waals surface area contributed by atoms with E-state index >= 15 is 0 Å². The molecule has 10 heteroatoms. The van der Waals surface area contributed by atoms with Gasteiger partial charge in [-0.1, -0.05) is 19.3 Å². The summed E-state index contributed by atoms with van der Waals surface area (Å²) in [5.74, 6) is 4.63. The number of hydrogen-bond acceptors (Lipinski definition) is 10. The van der Waals surface area contributed by atoms with E-state index < -0.39 is 0 Å². The van der Waals surface area contributed by atoms with Gasteiger partial charge >= 0.3 is 0 Å². The first-order valence-corrected chi connectivity index (χ1v) is 17.3. The van der Waals surface area contributed by atoms with Crippen molar-refractivity contribution in [2.75, 3.05) is 114 Å². The first-order chi connectivity index (χ1) is 20.7. The first kappa shape index (κ1) is 31.7. The predicted octanol–water partition coefficient (Wildman–Crippen LogP) is 2.88. The number of nitrogens with two attached hydrogens (primary N) is 1. The number of ether oxygens (including phenoxy) is 1. The molecule has 238 valence electrons. The van der Waals surface area contributed by atoms with Crippen molar-refractivity contribution in [2.24, 2.45) is 17.8 Å². The fourth-order valence-corrected chi connectivity index (χ4v) is 7.22. The number of nitrogens with zero attached hydrogens (tertiary/aromatic N) is 5. The van der Waals surface area contributed by atoms with Gasteiger partial charge in [-0.3, -0.25) is 9.80 Å². The molecule has 0 radical (unpaired) electrons. The minimum absolute atomic E-state index is 0.552. The summed E-state index contributed by atoms with van der Waals surface area (Å²) in [5, 5.41) is 11.0. The quantitative estimate of drug-likeness (QED) is 0.230. The zero-order valence-corrected chi connectivity index (χ0v) is 26.2. The van der Waals surface area contributed by atoms with Gasteiger partial charge in [0.25, 0.3) is 0 Å². The second-order valence-corrected chi connectivity index (χ2v) is 13.3. The summed E-state index contributed by atoms with van der Waals surface area (Å²) in [7, 11) is 0. The van der Waals surface area contributed by atoms with E-state index in [1.54, 1.807) is 0 Å². The van der Waals surface area contributed by atoms with Crippen LogP contribution in [-0.2, 0) is 4.74 Å². The molecule has 5 N–H and O–H groups in total. The van der Waals surface area contributed by atoms with E-state index in [1.807, 2.05) is 6.07 Å². The predicted molar refractivity (Wildman–Crippen MR) is 173 cm³/mol. The van der Waals surface area contributed by atoms with Crippen molar-refractivity contribution in [3.8, 4) is 0 Å². The van der Waals surface area contributed by atoms with E-state index in [4.69, 9.17) is 15.5 Å². The topological polar surface area (TPSA) is 107 Å². The highest BCUT2D eigenvalue weighted by Gasteiger charge is 2.23. The smallest absolute Gasteiger partial charge is 0.226 e. The molecule has 4 aliphatic rings. The molecule has 2 saturated carbocycles. The molecule has 10 nitrogen and oxygen atoms in total. The Hall–Kier alpha value is -1.72. The molecule has 0 atom stereocenters. The number of hydrogen-bond donors (Lipinski definition) is 4. The van der Waals surface area contributed by atoms with Crippen LogP contribution in [0.3, 0.4) is 0 Å². The van der Waals surface area contributed by atoms with Crippen LogP contribution in [-0.4, -0.2) is 118 Å². The molecule has 0 bridgehead atoms. The van der Waals surface area contributed by atoms with Crippen molar-refractivity contribution >= 4 is 17.6 Å². The third-order valence-corrected chi connectivity index (χ3v) is 10.1. The highest BCUT2D eigenvalue weighted by molar-refractivity contribution is 5.51. The van der Waals surface area contributed by atoms with Crippen molar-refractivity contribution < 1.29 is 4.74 Å². The Morgan fingerprint density at radius 2 is 1.31 bits per heavy atom. The Morgan fingerprint density at radius 3 is 1.98 bits per heavy atom. The summed E-state index contributed by atoms with van der Waals surface area (Å²) in [6.45, 7) is 15.8. The van der Waals surface area contributed by atoms with Crippen LogP contribution in [0, 0.1) is 17.8 Å². The van der Waals surface area contributed by atoms with E-state index in [0.717, 1.165) is 103 Å². The third-order valence-electron chi connectivity index (χ3n) is 10.1. The molecule has 0 aromatic carbocycles. The number of aromatic nitrogens is 2. The minimum atomic E-state index is 0.552. The highest BCUT2D eigenvalue weighted by atomic mass is 16.5. The second-order valence-electron chi connectivity index (χ2n) is 13.3. The highest BCUT2D eigenvalue weighted by Crippen LogP contribution is 2.29. The lowest BCUT2D eigenvalue weighted by atomic mass is 9.82. The summed E-state index contributed by atoms with van der Waals surface area (Å²) in [4.78, 5) is 16.8. The SMILES string of the molecule is Nc1cc(N2CCN(CCN3CCOCC3)CC2)nc(NCC2CCC(CNCCCNCC3CCCCC3)CC2)n1. The van der Waals surface area contributed by atoms with Crippen LogP contribution in [0.15, 0.2) is 6.07 Å². The van der Waals surface area contributed by atoms with Crippen LogP contribution >= 0.6 is 0 Å². The maximum Gasteiger partial charge on any atom is 0.226 e. The zero-order valence-electron chi connectivity index (χ0n) is 26.2. The molecule has 1 aromatic heterocycles. The van der Waals surface area contributed by atoms with Crippen LogP contribution in [0.1, 0.15) is 64.2 Å². The maximum absolute atomic E-state index is 6.21. The number of rotatable bonds is 15. The Bertz CT molecular complexity index is 877. The van der Waals surface area contributed by atoms with Gasteiger partial charge in [-0.2, -0.15) is 9.97 Å².